The number of rotatable bonds is 2. The summed E-state index contributed by atoms with van der Waals surface area (Å²) in [6.45, 7) is 2.16. The van der Waals surface area contributed by atoms with Crippen molar-refractivity contribution in [3.8, 4) is 11.4 Å². The van der Waals surface area contributed by atoms with Gasteiger partial charge in [-0.15, -0.1) is 0 Å². The van der Waals surface area contributed by atoms with E-state index in [1.165, 1.54) is 12.4 Å². The quantitative estimate of drug-likeness (QED) is 0.692. The minimum Gasteiger partial charge on any atom is -0.340 e. The number of fused-ring (bicyclic) bond motifs is 4. The van der Waals surface area contributed by atoms with Crippen molar-refractivity contribution in [3.63, 3.8) is 0 Å². The molecule has 0 aliphatic carbocycles. The topological polar surface area (TPSA) is 68.8 Å². The molecule has 2 atom stereocenters. The first-order valence-corrected chi connectivity index (χ1v) is 9.04. The van der Waals surface area contributed by atoms with Crippen LogP contribution in [0.3, 0.4) is 0 Å². The van der Waals surface area contributed by atoms with Gasteiger partial charge in [0.1, 0.15) is 5.82 Å². The number of piperidine rings is 1. The second kappa shape index (κ2) is 6.00. The Hall–Kier alpha value is -3.03. The van der Waals surface area contributed by atoms with E-state index < -0.39 is 5.82 Å². The first-order chi connectivity index (χ1) is 13.1. The van der Waals surface area contributed by atoms with E-state index in [0.29, 0.717) is 29.8 Å². The van der Waals surface area contributed by atoms with Crippen LogP contribution in [0, 0.1) is 11.7 Å². The Morgan fingerprint density at radius 3 is 2.67 bits per heavy atom. The van der Waals surface area contributed by atoms with Crippen LogP contribution >= 0.6 is 0 Å². The molecule has 3 aromatic rings. The van der Waals surface area contributed by atoms with Crippen LogP contribution in [0.15, 0.2) is 41.7 Å². The van der Waals surface area contributed by atoms with Crippen LogP contribution in [-0.4, -0.2) is 37.2 Å². The lowest BCUT2D eigenvalue weighted by Gasteiger charge is -2.42. The summed E-state index contributed by atoms with van der Waals surface area (Å²) in [5, 5.41) is 0. The summed E-state index contributed by atoms with van der Waals surface area (Å²) < 4.78 is 16.9. The van der Waals surface area contributed by atoms with Crippen molar-refractivity contribution in [2.24, 2.45) is 13.0 Å². The molecule has 3 aromatic heterocycles. The second-order valence-electron chi connectivity index (χ2n) is 7.35. The third-order valence-corrected chi connectivity index (χ3v) is 5.56. The molecule has 0 unspecified atom stereocenters. The van der Waals surface area contributed by atoms with Crippen LogP contribution in [0.5, 0.6) is 0 Å². The second-order valence-corrected chi connectivity index (χ2v) is 7.35. The number of anilines is 1. The van der Waals surface area contributed by atoms with E-state index in [2.05, 4.69) is 19.9 Å². The molecule has 0 spiro atoms. The summed E-state index contributed by atoms with van der Waals surface area (Å²) in [5.41, 5.74) is 1.69. The van der Waals surface area contributed by atoms with Crippen LogP contribution in [0.25, 0.3) is 11.4 Å². The molecular formula is C19H19FN6O. The van der Waals surface area contributed by atoms with Gasteiger partial charge in [0.15, 0.2) is 5.82 Å². The van der Waals surface area contributed by atoms with Crippen molar-refractivity contribution in [2.75, 3.05) is 18.0 Å². The number of hydrogen-bond acceptors (Lipinski definition) is 5. The van der Waals surface area contributed by atoms with E-state index in [4.69, 9.17) is 0 Å². The third kappa shape index (κ3) is 2.63. The van der Waals surface area contributed by atoms with Gasteiger partial charge >= 0.3 is 0 Å². The van der Waals surface area contributed by atoms with Crippen molar-refractivity contribution < 1.29 is 4.39 Å². The molecule has 2 bridgehead atoms. The smallest absolute Gasteiger partial charge is 0.261 e. The summed E-state index contributed by atoms with van der Waals surface area (Å²) in [6.07, 6.45) is 6.98. The van der Waals surface area contributed by atoms with E-state index >= 15 is 0 Å². The summed E-state index contributed by atoms with van der Waals surface area (Å²) in [5.74, 6) is 1.36. The monoisotopic (exact) mass is 366 g/mol. The van der Waals surface area contributed by atoms with Crippen LogP contribution in [0.4, 0.5) is 10.3 Å². The summed E-state index contributed by atoms with van der Waals surface area (Å²) in [6, 6.07) is 3.92. The average Bonchev–Trinajstić information content (AvgIpc) is 3.09. The zero-order chi connectivity index (χ0) is 18.5. The fraction of sp³-hybridized carbons (Fsp3) is 0.368. The first kappa shape index (κ1) is 16.2. The molecular weight excluding hydrogens is 347 g/mol. The van der Waals surface area contributed by atoms with Crippen LogP contribution < -0.4 is 10.5 Å². The zero-order valence-electron chi connectivity index (χ0n) is 14.9. The van der Waals surface area contributed by atoms with Gasteiger partial charge in [0.05, 0.1) is 18.0 Å². The maximum atomic E-state index is 13.1. The van der Waals surface area contributed by atoms with Gasteiger partial charge in [-0.25, -0.2) is 19.3 Å². The summed E-state index contributed by atoms with van der Waals surface area (Å²) in [7, 11) is 1.89. The Balaban J connectivity index is 1.51. The molecule has 5 heterocycles. The molecule has 0 saturated carbocycles. The predicted molar refractivity (Wildman–Crippen MR) is 98.0 cm³/mol. The molecule has 138 valence electrons. The van der Waals surface area contributed by atoms with Crippen LogP contribution in [-0.2, 0) is 13.6 Å². The first-order valence-electron chi connectivity index (χ1n) is 9.04. The molecule has 5 rings (SSSR count). The Bertz CT molecular complexity index is 1060. The van der Waals surface area contributed by atoms with E-state index in [-0.39, 0.29) is 11.5 Å². The number of aromatic nitrogens is 5. The standard InChI is InChI=1S/C19H19FN6O/c1-24-5-4-21-17(24)15-2-3-16-13-6-12(10-26(16)18(15)27)9-25(11-13)19-22-7-14(20)8-23-19/h2-5,7-8,12-13H,6,9-11H2,1H3/t12-,13+/m0/s1. The molecule has 0 N–H and O–H groups in total. The van der Waals surface area contributed by atoms with Crippen molar-refractivity contribution in [2.45, 2.75) is 18.9 Å². The molecule has 0 amide bonds. The highest BCUT2D eigenvalue weighted by Gasteiger charge is 2.36. The largest absolute Gasteiger partial charge is 0.340 e. The third-order valence-electron chi connectivity index (χ3n) is 5.56. The highest BCUT2D eigenvalue weighted by atomic mass is 19.1. The summed E-state index contributed by atoms with van der Waals surface area (Å²) in [4.78, 5) is 27.8. The van der Waals surface area contributed by atoms with Gasteiger partial charge in [-0.2, -0.15) is 0 Å². The Labute approximate surface area is 155 Å². The molecule has 0 radical (unpaired) electrons. The van der Waals surface area contributed by atoms with Crippen LogP contribution in [0.2, 0.25) is 0 Å². The van der Waals surface area contributed by atoms with Gasteiger partial charge in [-0.1, -0.05) is 0 Å². The molecule has 27 heavy (non-hydrogen) atoms. The molecule has 7 nitrogen and oxygen atoms in total. The van der Waals surface area contributed by atoms with Gasteiger partial charge in [0.25, 0.3) is 5.56 Å². The maximum Gasteiger partial charge on any atom is 0.261 e. The SMILES string of the molecule is Cn1ccnc1-c1ccc2n(c1=O)C[C@H]1C[C@@H]2CN(c2ncc(F)cn2)C1. The van der Waals surface area contributed by atoms with Crippen molar-refractivity contribution >= 4 is 5.95 Å². The van der Waals surface area contributed by atoms with E-state index in [9.17, 15) is 9.18 Å². The molecule has 0 aromatic carbocycles. The fourth-order valence-corrected chi connectivity index (χ4v) is 4.37. The number of aryl methyl sites for hydroxylation is 1. The number of nitrogens with zero attached hydrogens (tertiary/aromatic N) is 6. The highest BCUT2D eigenvalue weighted by Crippen LogP contribution is 2.36. The molecule has 1 saturated heterocycles. The number of imidazole rings is 1. The fourth-order valence-electron chi connectivity index (χ4n) is 4.37. The lowest BCUT2D eigenvalue weighted by Crippen LogP contribution is -2.48. The number of hydrogen-bond donors (Lipinski definition) is 0. The van der Waals surface area contributed by atoms with Crippen molar-refractivity contribution in [3.05, 3.63) is 58.8 Å². The van der Waals surface area contributed by atoms with Gasteiger partial charge in [-0.05, 0) is 24.5 Å². The maximum absolute atomic E-state index is 13.1. The Morgan fingerprint density at radius 1 is 1.11 bits per heavy atom. The lowest BCUT2D eigenvalue weighted by molar-refractivity contribution is 0.280. The highest BCUT2D eigenvalue weighted by molar-refractivity contribution is 5.54. The van der Waals surface area contributed by atoms with Crippen molar-refractivity contribution in [1.29, 1.82) is 0 Å². The average molecular weight is 366 g/mol. The van der Waals surface area contributed by atoms with Gasteiger partial charge in [-0.3, -0.25) is 4.79 Å². The normalized spacial score (nSPS) is 21.2. The number of halogens is 1. The molecule has 2 aliphatic rings. The Kier molecular flexibility index (Phi) is 3.60. The Morgan fingerprint density at radius 2 is 1.93 bits per heavy atom. The van der Waals surface area contributed by atoms with E-state index in [0.717, 1.165) is 25.2 Å². The van der Waals surface area contributed by atoms with E-state index in [1.54, 1.807) is 6.20 Å². The van der Waals surface area contributed by atoms with Gasteiger partial charge in [0.2, 0.25) is 5.95 Å². The molecule has 2 aliphatic heterocycles. The number of pyridine rings is 1. The van der Waals surface area contributed by atoms with Crippen molar-refractivity contribution in [1.82, 2.24) is 24.1 Å². The predicted octanol–water partition coefficient (Wildman–Crippen LogP) is 1.80. The van der Waals surface area contributed by atoms with E-state index in [1.807, 2.05) is 34.5 Å². The zero-order valence-corrected chi connectivity index (χ0v) is 14.9. The molecule has 8 heteroatoms. The minimum absolute atomic E-state index is 0.0167. The molecule has 1 fully saturated rings. The lowest BCUT2D eigenvalue weighted by atomic mass is 9.83. The summed E-state index contributed by atoms with van der Waals surface area (Å²) >= 11 is 0. The van der Waals surface area contributed by atoms with Gasteiger partial charge in [0, 0.05) is 50.7 Å². The van der Waals surface area contributed by atoms with Gasteiger partial charge < -0.3 is 14.0 Å². The van der Waals surface area contributed by atoms with Crippen LogP contribution in [0.1, 0.15) is 18.0 Å². The minimum atomic E-state index is -0.435.